The van der Waals surface area contributed by atoms with Crippen LogP contribution in [0.2, 0.25) is 0 Å². The van der Waals surface area contributed by atoms with Gasteiger partial charge in [-0.2, -0.15) is 5.10 Å². The Morgan fingerprint density at radius 1 is 1.10 bits per heavy atom. The monoisotopic (exact) mass is 287 g/mol. The van der Waals surface area contributed by atoms with Gasteiger partial charge >= 0.3 is 0 Å². The number of hydrogen-bond acceptors (Lipinski definition) is 2. The highest BCUT2D eigenvalue weighted by atomic mass is 32.1. The number of nitrogens with zero attached hydrogens (tertiary/aromatic N) is 1. The standard InChI is InChI=1S/C15H14FN3S/c16-14-9-5-4-8-13(14)11-18-19-15(20)17-10-12-6-2-1-3-7-12/h1-9,11H,10H2,(H2,17,19,20)/b18-11+. The van der Waals surface area contributed by atoms with Gasteiger partial charge in [0.2, 0.25) is 0 Å². The highest BCUT2D eigenvalue weighted by Crippen LogP contribution is 2.02. The Kier molecular flexibility index (Phi) is 5.20. The third kappa shape index (κ3) is 4.44. The molecule has 0 saturated heterocycles. The van der Waals surface area contributed by atoms with Crippen molar-refractivity contribution in [2.24, 2.45) is 5.10 Å². The summed E-state index contributed by atoms with van der Waals surface area (Å²) in [5, 5.41) is 7.30. The van der Waals surface area contributed by atoms with Gasteiger partial charge in [0.1, 0.15) is 5.82 Å². The van der Waals surface area contributed by atoms with Crippen LogP contribution in [0.1, 0.15) is 11.1 Å². The molecule has 20 heavy (non-hydrogen) atoms. The first-order chi connectivity index (χ1) is 9.75. The number of thiocarbonyl (C=S) groups is 1. The van der Waals surface area contributed by atoms with Gasteiger partial charge in [-0.15, -0.1) is 0 Å². The van der Waals surface area contributed by atoms with Crippen LogP contribution in [0.15, 0.2) is 59.7 Å². The van der Waals surface area contributed by atoms with E-state index in [2.05, 4.69) is 15.8 Å². The molecule has 2 N–H and O–H groups in total. The first-order valence-corrected chi connectivity index (χ1v) is 6.52. The van der Waals surface area contributed by atoms with Gasteiger partial charge in [-0.1, -0.05) is 48.5 Å². The molecule has 2 rings (SSSR count). The van der Waals surface area contributed by atoms with E-state index in [1.165, 1.54) is 12.3 Å². The number of rotatable bonds is 4. The Morgan fingerprint density at radius 2 is 1.80 bits per heavy atom. The highest BCUT2D eigenvalue weighted by molar-refractivity contribution is 7.80. The predicted octanol–water partition coefficient (Wildman–Crippen LogP) is 2.82. The van der Waals surface area contributed by atoms with E-state index in [1.807, 2.05) is 30.3 Å². The summed E-state index contributed by atoms with van der Waals surface area (Å²) >= 11 is 5.07. The molecule has 0 unspecified atom stereocenters. The van der Waals surface area contributed by atoms with E-state index < -0.39 is 0 Å². The fourth-order valence-electron chi connectivity index (χ4n) is 1.56. The lowest BCUT2D eigenvalue weighted by Gasteiger charge is -2.06. The lowest BCUT2D eigenvalue weighted by Crippen LogP contribution is -2.31. The molecule has 5 heteroatoms. The molecule has 2 aromatic rings. The van der Waals surface area contributed by atoms with Gasteiger partial charge in [0.15, 0.2) is 5.11 Å². The fraction of sp³-hybridized carbons (Fsp3) is 0.0667. The second-order valence-electron chi connectivity index (χ2n) is 4.06. The van der Waals surface area contributed by atoms with Crippen LogP contribution in [0.3, 0.4) is 0 Å². The summed E-state index contributed by atoms with van der Waals surface area (Å²) < 4.78 is 13.3. The van der Waals surface area contributed by atoms with E-state index in [1.54, 1.807) is 18.2 Å². The molecule has 0 atom stereocenters. The zero-order valence-corrected chi connectivity index (χ0v) is 11.5. The Labute approximate surface area is 122 Å². The maximum absolute atomic E-state index is 13.3. The van der Waals surface area contributed by atoms with Crippen molar-refractivity contribution in [2.45, 2.75) is 6.54 Å². The molecule has 0 aliphatic carbocycles. The molecule has 3 nitrogen and oxygen atoms in total. The summed E-state index contributed by atoms with van der Waals surface area (Å²) in [5.41, 5.74) is 4.18. The quantitative estimate of drug-likeness (QED) is 0.516. The van der Waals surface area contributed by atoms with E-state index in [-0.39, 0.29) is 5.82 Å². The molecule has 0 bridgehead atoms. The molecular formula is C15H14FN3S. The average molecular weight is 287 g/mol. The van der Waals surface area contributed by atoms with Crippen molar-refractivity contribution in [3.63, 3.8) is 0 Å². The minimum atomic E-state index is -0.318. The van der Waals surface area contributed by atoms with Gasteiger partial charge in [-0.3, -0.25) is 5.43 Å². The second-order valence-corrected chi connectivity index (χ2v) is 4.47. The lowest BCUT2D eigenvalue weighted by atomic mass is 10.2. The summed E-state index contributed by atoms with van der Waals surface area (Å²) in [7, 11) is 0. The van der Waals surface area contributed by atoms with Crippen LogP contribution in [-0.2, 0) is 6.54 Å². The van der Waals surface area contributed by atoms with Crippen LogP contribution in [0, 0.1) is 5.82 Å². The molecule has 0 aliphatic heterocycles. The van der Waals surface area contributed by atoms with Crippen LogP contribution in [0.25, 0.3) is 0 Å². The normalized spacial score (nSPS) is 10.4. The molecule has 0 aromatic heterocycles. The van der Waals surface area contributed by atoms with Gasteiger partial charge in [0, 0.05) is 12.1 Å². The molecule has 0 amide bonds. The minimum Gasteiger partial charge on any atom is -0.357 e. The van der Waals surface area contributed by atoms with Gasteiger partial charge in [0.05, 0.1) is 6.21 Å². The summed E-state index contributed by atoms with van der Waals surface area (Å²) in [6.07, 6.45) is 1.39. The van der Waals surface area contributed by atoms with Crippen molar-refractivity contribution < 1.29 is 4.39 Å². The highest BCUT2D eigenvalue weighted by Gasteiger charge is 1.97. The van der Waals surface area contributed by atoms with Crippen molar-refractivity contribution in [1.82, 2.24) is 10.7 Å². The molecule has 0 radical (unpaired) electrons. The number of halogens is 1. The van der Waals surface area contributed by atoms with Crippen molar-refractivity contribution in [3.05, 3.63) is 71.5 Å². The SMILES string of the molecule is Fc1ccccc1/C=N/NC(=S)NCc1ccccc1. The number of benzene rings is 2. The molecular weight excluding hydrogens is 273 g/mol. The number of nitrogens with one attached hydrogen (secondary N) is 2. The van der Waals surface area contributed by atoms with E-state index in [4.69, 9.17) is 12.2 Å². The van der Waals surface area contributed by atoms with Crippen molar-refractivity contribution in [3.8, 4) is 0 Å². The van der Waals surface area contributed by atoms with Crippen molar-refractivity contribution in [2.75, 3.05) is 0 Å². The van der Waals surface area contributed by atoms with Crippen LogP contribution >= 0.6 is 12.2 Å². The molecule has 0 heterocycles. The summed E-state index contributed by atoms with van der Waals surface area (Å²) in [5.74, 6) is -0.318. The van der Waals surface area contributed by atoms with E-state index in [9.17, 15) is 4.39 Å². The maximum atomic E-state index is 13.3. The van der Waals surface area contributed by atoms with Crippen LogP contribution < -0.4 is 10.7 Å². The minimum absolute atomic E-state index is 0.318. The summed E-state index contributed by atoms with van der Waals surface area (Å²) in [6, 6.07) is 16.3. The third-order valence-electron chi connectivity index (χ3n) is 2.57. The van der Waals surface area contributed by atoms with E-state index >= 15 is 0 Å². The Bertz CT molecular complexity index is 599. The lowest BCUT2D eigenvalue weighted by molar-refractivity contribution is 0.626. The van der Waals surface area contributed by atoms with E-state index in [0.29, 0.717) is 17.2 Å². The van der Waals surface area contributed by atoms with Crippen molar-refractivity contribution >= 4 is 23.5 Å². The smallest absolute Gasteiger partial charge is 0.187 e. The topological polar surface area (TPSA) is 36.4 Å². The number of hydrazone groups is 1. The predicted molar refractivity (Wildman–Crippen MR) is 83.0 cm³/mol. The van der Waals surface area contributed by atoms with Gasteiger partial charge in [0.25, 0.3) is 0 Å². The first kappa shape index (κ1) is 14.1. The van der Waals surface area contributed by atoms with Gasteiger partial charge in [-0.25, -0.2) is 4.39 Å². The van der Waals surface area contributed by atoms with Crippen molar-refractivity contribution in [1.29, 1.82) is 0 Å². The second kappa shape index (κ2) is 7.35. The first-order valence-electron chi connectivity index (χ1n) is 6.11. The van der Waals surface area contributed by atoms with Gasteiger partial charge in [-0.05, 0) is 23.8 Å². The third-order valence-corrected chi connectivity index (χ3v) is 2.81. The molecule has 0 aliphatic rings. The molecule has 102 valence electrons. The zero-order valence-electron chi connectivity index (χ0n) is 10.7. The Balaban J connectivity index is 1.79. The molecule has 0 spiro atoms. The Morgan fingerprint density at radius 3 is 2.55 bits per heavy atom. The average Bonchev–Trinajstić information content (AvgIpc) is 2.48. The largest absolute Gasteiger partial charge is 0.357 e. The van der Waals surface area contributed by atoms with E-state index in [0.717, 1.165) is 5.56 Å². The van der Waals surface area contributed by atoms with Crippen LogP contribution in [0.4, 0.5) is 4.39 Å². The summed E-state index contributed by atoms with van der Waals surface area (Å²) in [4.78, 5) is 0. The summed E-state index contributed by atoms with van der Waals surface area (Å²) in [6.45, 7) is 0.613. The van der Waals surface area contributed by atoms with Crippen LogP contribution in [0.5, 0.6) is 0 Å². The fourth-order valence-corrected chi connectivity index (χ4v) is 1.68. The number of hydrogen-bond donors (Lipinski definition) is 2. The molecule has 2 aromatic carbocycles. The van der Waals surface area contributed by atoms with Crippen LogP contribution in [-0.4, -0.2) is 11.3 Å². The van der Waals surface area contributed by atoms with Gasteiger partial charge < -0.3 is 5.32 Å². The molecule has 0 saturated carbocycles. The maximum Gasteiger partial charge on any atom is 0.187 e. The zero-order chi connectivity index (χ0) is 14.2. The molecule has 0 fully saturated rings. The Hall–Kier alpha value is -2.27.